The molecule has 0 aliphatic rings. The van der Waals surface area contributed by atoms with Crippen molar-refractivity contribution in [3.63, 3.8) is 0 Å². The molecular weight excluding hydrogens is 141 g/mol. The van der Waals surface area contributed by atoms with Crippen LogP contribution < -0.4 is 5.73 Å². The van der Waals surface area contributed by atoms with Gasteiger partial charge in [-0.2, -0.15) is 0 Å². The lowest BCUT2D eigenvalue weighted by Gasteiger charge is -1.92. The number of rotatable bonds is 0. The molecule has 1 aromatic rings. The van der Waals surface area contributed by atoms with Crippen LogP contribution in [0.15, 0.2) is 12.1 Å². The molecule has 0 aliphatic heterocycles. The Bertz CT molecular complexity index is 224. The summed E-state index contributed by atoms with van der Waals surface area (Å²) in [6, 6.07) is 4.88. The van der Waals surface area contributed by atoms with Crippen LogP contribution in [0.5, 0.6) is 0 Å². The van der Waals surface area contributed by atoms with Gasteiger partial charge in [0.1, 0.15) is 5.82 Å². The van der Waals surface area contributed by atoms with Gasteiger partial charge >= 0.3 is 0 Å². The average Bonchev–Trinajstić information content (AvgIpc) is 1.80. The van der Waals surface area contributed by atoms with Crippen LogP contribution in [-0.2, 0) is 0 Å². The summed E-state index contributed by atoms with van der Waals surface area (Å²) in [5, 5.41) is 0.0336. The molecule has 0 fully saturated rings. The first-order valence-corrected chi connectivity index (χ1v) is 2.70. The van der Waals surface area contributed by atoms with Crippen molar-refractivity contribution in [3.05, 3.63) is 29.0 Å². The van der Waals surface area contributed by atoms with Crippen LogP contribution in [0.3, 0.4) is 0 Å². The summed E-state index contributed by atoms with van der Waals surface area (Å²) < 4.78 is 12.3. The molecule has 1 nitrogen and oxygen atoms in total. The Morgan fingerprint density at radius 2 is 2.33 bits per heavy atom. The molecule has 0 heterocycles. The number of hydrogen-bond acceptors (Lipinski definition) is 1. The van der Waals surface area contributed by atoms with Crippen LogP contribution in [0.4, 0.5) is 10.1 Å². The van der Waals surface area contributed by atoms with Gasteiger partial charge in [0.15, 0.2) is 0 Å². The van der Waals surface area contributed by atoms with Gasteiger partial charge in [-0.1, -0.05) is 11.6 Å². The van der Waals surface area contributed by atoms with Gasteiger partial charge in [-0.15, -0.1) is 0 Å². The summed E-state index contributed by atoms with van der Waals surface area (Å²) >= 11 is 5.34. The largest absolute Gasteiger partial charge is 0.398 e. The van der Waals surface area contributed by atoms with Crippen LogP contribution in [0, 0.1) is 11.9 Å². The zero-order valence-electron chi connectivity index (χ0n) is 4.49. The van der Waals surface area contributed by atoms with Crippen molar-refractivity contribution in [2.45, 2.75) is 0 Å². The van der Waals surface area contributed by atoms with E-state index in [1.54, 1.807) is 0 Å². The lowest BCUT2D eigenvalue weighted by atomic mass is 10.3. The summed E-state index contributed by atoms with van der Waals surface area (Å²) in [5.74, 6) is -0.495. The molecule has 2 N–H and O–H groups in total. The van der Waals surface area contributed by atoms with Gasteiger partial charge < -0.3 is 5.73 Å². The van der Waals surface area contributed by atoms with E-state index in [9.17, 15) is 4.39 Å². The second-order valence-electron chi connectivity index (χ2n) is 1.58. The minimum Gasteiger partial charge on any atom is -0.398 e. The number of nitrogens with two attached hydrogens (primary N) is 1. The van der Waals surface area contributed by atoms with E-state index in [1.807, 2.05) is 0 Å². The van der Waals surface area contributed by atoms with E-state index in [4.69, 9.17) is 17.3 Å². The molecule has 1 rings (SSSR count). The van der Waals surface area contributed by atoms with Gasteiger partial charge in [0, 0.05) is 11.8 Å². The fourth-order valence-electron chi connectivity index (χ4n) is 0.463. The average molecular weight is 145 g/mol. The molecule has 0 aliphatic carbocycles. The summed E-state index contributed by atoms with van der Waals surface area (Å²) in [5.41, 5.74) is 5.57. The molecule has 0 spiro atoms. The van der Waals surface area contributed by atoms with Crippen molar-refractivity contribution in [1.29, 1.82) is 0 Å². The number of nitrogen functional groups attached to an aromatic ring is 1. The minimum absolute atomic E-state index is 0.0336. The molecule has 3 heteroatoms. The van der Waals surface area contributed by atoms with Crippen molar-refractivity contribution in [1.82, 2.24) is 0 Å². The monoisotopic (exact) mass is 144 g/mol. The lowest BCUT2D eigenvalue weighted by Crippen LogP contribution is -1.85. The van der Waals surface area contributed by atoms with Crippen LogP contribution in [-0.4, -0.2) is 0 Å². The fourth-order valence-corrected chi connectivity index (χ4v) is 0.635. The maximum absolute atomic E-state index is 12.3. The Balaban J connectivity index is 3.17. The smallest absolute Gasteiger partial charge is 0.142 e. The number of halogens is 2. The van der Waals surface area contributed by atoms with Crippen LogP contribution in [0.2, 0.25) is 5.02 Å². The van der Waals surface area contributed by atoms with E-state index in [1.165, 1.54) is 6.07 Å². The highest BCUT2D eigenvalue weighted by molar-refractivity contribution is 6.30. The van der Waals surface area contributed by atoms with E-state index in [0.717, 1.165) is 6.07 Å². The first-order valence-electron chi connectivity index (χ1n) is 2.32. The number of benzene rings is 1. The van der Waals surface area contributed by atoms with Crippen molar-refractivity contribution in [2.75, 3.05) is 5.73 Å². The predicted molar refractivity (Wildman–Crippen MR) is 34.7 cm³/mol. The molecule has 0 aromatic heterocycles. The Morgan fingerprint density at radius 3 is 2.78 bits per heavy atom. The van der Waals surface area contributed by atoms with Gasteiger partial charge in [-0.05, 0) is 12.1 Å². The fraction of sp³-hybridized carbons (Fsp3) is 0. The Labute approximate surface area is 57.2 Å². The second-order valence-corrected chi connectivity index (χ2v) is 1.99. The molecule has 1 aromatic carbocycles. The lowest BCUT2D eigenvalue weighted by molar-refractivity contribution is 0.628. The summed E-state index contributed by atoms with van der Waals surface area (Å²) in [4.78, 5) is 0. The number of hydrogen-bond donors (Lipinski definition) is 1. The first kappa shape index (κ1) is 6.36. The van der Waals surface area contributed by atoms with E-state index in [2.05, 4.69) is 6.07 Å². The van der Waals surface area contributed by atoms with Crippen molar-refractivity contribution < 1.29 is 4.39 Å². The Hall–Kier alpha value is -0.760. The highest BCUT2D eigenvalue weighted by atomic mass is 35.5. The molecule has 0 bridgehead atoms. The van der Waals surface area contributed by atoms with E-state index >= 15 is 0 Å². The summed E-state index contributed by atoms with van der Waals surface area (Å²) in [7, 11) is 0. The quantitative estimate of drug-likeness (QED) is 0.553. The van der Waals surface area contributed by atoms with Crippen LogP contribution in [0.1, 0.15) is 0 Å². The maximum Gasteiger partial charge on any atom is 0.142 e. The normalized spacial score (nSPS) is 9.56. The summed E-state index contributed by atoms with van der Waals surface area (Å²) in [6.45, 7) is 0. The first-order chi connectivity index (χ1) is 4.20. The molecule has 0 amide bonds. The molecule has 0 saturated carbocycles. The van der Waals surface area contributed by atoms with Crippen molar-refractivity contribution >= 4 is 17.3 Å². The Morgan fingerprint density at radius 1 is 1.67 bits per heavy atom. The van der Waals surface area contributed by atoms with Gasteiger partial charge in [0.2, 0.25) is 0 Å². The van der Waals surface area contributed by atoms with Gasteiger partial charge in [-0.25, -0.2) is 4.39 Å². The highest BCUT2D eigenvalue weighted by Crippen LogP contribution is 2.15. The second kappa shape index (κ2) is 2.23. The minimum atomic E-state index is -0.495. The third-order valence-corrected chi connectivity index (χ3v) is 1.17. The Kier molecular flexibility index (Phi) is 1.58. The maximum atomic E-state index is 12.3. The van der Waals surface area contributed by atoms with Gasteiger partial charge in [0.05, 0.1) is 5.02 Å². The molecule has 1 radical (unpaired) electrons. The SMILES string of the molecule is Nc1[c]cc(F)c(Cl)c1. The molecule has 47 valence electrons. The summed E-state index contributed by atoms with van der Waals surface area (Å²) in [6.07, 6.45) is 0. The van der Waals surface area contributed by atoms with Gasteiger partial charge in [0.25, 0.3) is 0 Å². The van der Waals surface area contributed by atoms with Crippen LogP contribution >= 0.6 is 11.6 Å². The standard InChI is InChI=1S/C6H4ClFN/c7-5-3-4(9)1-2-6(5)8/h2-3H,9H2. The third kappa shape index (κ3) is 1.33. The molecular formula is C6H4ClFN. The number of anilines is 1. The molecule has 0 atom stereocenters. The van der Waals surface area contributed by atoms with E-state index in [0.29, 0.717) is 5.69 Å². The predicted octanol–water partition coefficient (Wildman–Crippen LogP) is 1.86. The van der Waals surface area contributed by atoms with E-state index < -0.39 is 5.82 Å². The van der Waals surface area contributed by atoms with Crippen molar-refractivity contribution in [2.24, 2.45) is 0 Å². The zero-order chi connectivity index (χ0) is 6.85. The van der Waals surface area contributed by atoms with Gasteiger partial charge in [-0.3, -0.25) is 0 Å². The van der Waals surface area contributed by atoms with Crippen molar-refractivity contribution in [3.8, 4) is 0 Å². The molecule has 9 heavy (non-hydrogen) atoms. The van der Waals surface area contributed by atoms with E-state index in [-0.39, 0.29) is 5.02 Å². The zero-order valence-corrected chi connectivity index (χ0v) is 5.24. The topological polar surface area (TPSA) is 26.0 Å². The highest BCUT2D eigenvalue weighted by Gasteiger charge is 1.96. The molecule has 0 unspecified atom stereocenters. The third-order valence-electron chi connectivity index (χ3n) is 0.876. The van der Waals surface area contributed by atoms with Crippen LogP contribution in [0.25, 0.3) is 0 Å². The molecule has 0 saturated heterocycles.